The van der Waals surface area contributed by atoms with Gasteiger partial charge in [0.25, 0.3) is 0 Å². The van der Waals surface area contributed by atoms with Crippen molar-refractivity contribution in [3.05, 3.63) is 46.2 Å². The van der Waals surface area contributed by atoms with Crippen molar-refractivity contribution >= 4 is 21.8 Å². The van der Waals surface area contributed by atoms with Gasteiger partial charge in [-0.15, -0.1) is 0 Å². The molecule has 0 saturated carbocycles. The molecule has 0 aliphatic heterocycles. The van der Waals surface area contributed by atoms with Crippen molar-refractivity contribution in [1.82, 2.24) is 9.78 Å². The fourth-order valence-electron chi connectivity index (χ4n) is 1.59. The Bertz CT molecular complexity index is 633. The summed E-state index contributed by atoms with van der Waals surface area (Å²) in [6.07, 6.45) is -1.46. The second-order valence-corrected chi connectivity index (χ2v) is 4.66. The number of amidine groups is 1. The fraction of sp³-hybridized carbons (Fsp3) is 0.0909. The van der Waals surface area contributed by atoms with E-state index in [1.807, 2.05) is 0 Å². The summed E-state index contributed by atoms with van der Waals surface area (Å²) >= 11 is 3.19. The quantitative estimate of drug-likeness (QED) is 0.655. The van der Waals surface area contributed by atoms with Gasteiger partial charge in [-0.25, -0.2) is 4.68 Å². The number of nitrogens with zero attached hydrogens (tertiary/aromatic N) is 2. The first-order valence-electron chi connectivity index (χ1n) is 5.05. The van der Waals surface area contributed by atoms with E-state index < -0.39 is 17.6 Å². The van der Waals surface area contributed by atoms with Crippen LogP contribution in [-0.4, -0.2) is 15.6 Å². The predicted molar refractivity (Wildman–Crippen MR) is 67.3 cm³/mol. The van der Waals surface area contributed by atoms with Crippen molar-refractivity contribution in [2.75, 3.05) is 0 Å². The molecular weight excluding hydrogens is 325 g/mol. The molecule has 0 unspecified atom stereocenters. The average Bonchev–Trinajstić information content (AvgIpc) is 2.74. The fourth-order valence-corrected chi connectivity index (χ4v) is 1.87. The van der Waals surface area contributed by atoms with Crippen LogP contribution in [0.25, 0.3) is 5.69 Å². The van der Waals surface area contributed by atoms with Crippen molar-refractivity contribution in [3.63, 3.8) is 0 Å². The van der Waals surface area contributed by atoms with Crippen molar-refractivity contribution in [1.29, 1.82) is 5.41 Å². The SMILES string of the molecule is N=C(N)c1cc(-n2cc(Br)cn2)ccc1C(F)(F)F. The van der Waals surface area contributed by atoms with Crippen LogP contribution in [0, 0.1) is 5.41 Å². The van der Waals surface area contributed by atoms with Crippen LogP contribution in [0.4, 0.5) is 13.2 Å². The molecule has 0 bridgehead atoms. The second-order valence-electron chi connectivity index (χ2n) is 3.74. The molecule has 0 amide bonds. The molecule has 8 heteroatoms. The Balaban J connectivity index is 2.57. The van der Waals surface area contributed by atoms with Crippen LogP contribution in [0.2, 0.25) is 0 Å². The predicted octanol–water partition coefficient (Wildman–Crippen LogP) is 2.94. The largest absolute Gasteiger partial charge is 0.417 e. The zero-order valence-electron chi connectivity index (χ0n) is 9.37. The van der Waals surface area contributed by atoms with Crippen molar-refractivity contribution in [3.8, 4) is 5.69 Å². The first kappa shape index (κ1) is 13.6. The highest BCUT2D eigenvalue weighted by atomic mass is 79.9. The highest BCUT2D eigenvalue weighted by molar-refractivity contribution is 9.10. The summed E-state index contributed by atoms with van der Waals surface area (Å²) < 4.78 is 40.4. The molecule has 100 valence electrons. The number of nitrogens with two attached hydrogens (primary N) is 1. The van der Waals surface area contributed by atoms with Gasteiger partial charge < -0.3 is 5.73 Å². The zero-order valence-corrected chi connectivity index (χ0v) is 11.0. The second kappa shape index (κ2) is 4.69. The van der Waals surface area contributed by atoms with Crippen LogP contribution in [0.1, 0.15) is 11.1 Å². The van der Waals surface area contributed by atoms with Gasteiger partial charge in [0, 0.05) is 11.8 Å². The van der Waals surface area contributed by atoms with Crippen LogP contribution in [0.15, 0.2) is 35.1 Å². The lowest BCUT2D eigenvalue weighted by molar-refractivity contribution is -0.137. The zero-order chi connectivity index (χ0) is 14.2. The average molecular weight is 333 g/mol. The van der Waals surface area contributed by atoms with Crippen LogP contribution in [-0.2, 0) is 6.18 Å². The third-order valence-corrected chi connectivity index (χ3v) is 2.82. The monoisotopic (exact) mass is 332 g/mol. The highest BCUT2D eigenvalue weighted by Gasteiger charge is 2.34. The van der Waals surface area contributed by atoms with E-state index in [4.69, 9.17) is 11.1 Å². The maximum absolute atomic E-state index is 12.8. The summed E-state index contributed by atoms with van der Waals surface area (Å²) in [5, 5.41) is 11.2. The third kappa shape index (κ3) is 2.78. The van der Waals surface area contributed by atoms with Gasteiger partial charge in [-0.1, -0.05) is 0 Å². The lowest BCUT2D eigenvalue weighted by atomic mass is 10.1. The Hall–Kier alpha value is -1.83. The molecule has 0 atom stereocenters. The summed E-state index contributed by atoms with van der Waals surface area (Å²) in [6, 6.07) is 3.35. The minimum atomic E-state index is -4.55. The van der Waals surface area contributed by atoms with Crippen molar-refractivity contribution < 1.29 is 13.2 Å². The Morgan fingerprint density at radius 2 is 2.05 bits per heavy atom. The van der Waals surface area contributed by atoms with Gasteiger partial charge in [0.2, 0.25) is 0 Å². The molecule has 4 nitrogen and oxygen atoms in total. The lowest BCUT2D eigenvalue weighted by Gasteiger charge is -2.13. The number of aromatic nitrogens is 2. The molecule has 2 rings (SSSR count). The number of nitrogens with one attached hydrogen (secondary N) is 1. The normalized spacial score (nSPS) is 11.6. The molecule has 0 aliphatic carbocycles. The van der Waals surface area contributed by atoms with Gasteiger partial charge in [-0.3, -0.25) is 5.41 Å². The molecule has 1 aromatic heterocycles. The smallest absolute Gasteiger partial charge is 0.384 e. The molecule has 0 radical (unpaired) electrons. The van der Waals surface area contributed by atoms with Gasteiger partial charge in [0.05, 0.1) is 21.9 Å². The molecule has 0 saturated heterocycles. The van der Waals surface area contributed by atoms with E-state index in [0.29, 0.717) is 10.2 Å². The third-order valence-electron chi connectivity index (χ3n) is 2.41. The molecule has 0 aliphatic rings. The van der Waals surface area contributed by atoms with E-state index >= 15 is 0 Å². The van der Waals surface area contributed by atoms with E-state index in [1.165, 1.54) is 23.0 Å². The number of halogens is 4. The molecule has 1 heterocycles. The van der Waals surface area contributed by atoms with Crippen LogP contribution >= 0.6 is 15.9 Å². The van der Waals surface area contributed by atoms with Crippen LogP contribution in [0.5, 0.6) is 0 Å². The number of hydrogen-bond acceptors (Lipinski definition) is 2. The molecule has 1 aromatic carbocycles. The Kier molecular flexibility index (Phi) is 3.36. The summed E-state index contributed by atoms with van der Waals surface area (Å²) in [4.78, 5) is 0. The Morgan fingerprint density at radius 3 is 2.53 bits per heavy atom. The topological polar surface area (TPSA) is 67.7 Å². The van der Waals surface area contributed by atoms with Crippen LogP contribution < -0.4 is 5.73 Å². The molecule has 0 spiro atoms. The summed E-state index contributed by atoms with van der Waals surface area (Å²) in [6.45, 7) is 0. The van der Waals surface area contributed by atoms with E-state index in [-0.39, 0.29) is 5.56 Å². The van der Waals surface area contributed by atoms with E-state index in [2.05, 4.69) is 21.0 Å². The minimum absolute atomic E-state index is 0.364. The van der Waals surface area contributed by atoms with Crippen LogP contribution in [0.3, 0.4) is 0 Å². The van der Waals surface area contributed by atoms with Gasteiger partial charge in [0.1, 0.15) is 5.84 Å². The van der Waals surface area contributed by atoms with E-state index in [9.17, 15) is 13.2 Å². The molecule has 19 heavy (non-hydrogen) atoms. The molecular formula is C11H8BrF3N4. The molecule has 3 N–H and O–H groups in total. The first-order chi connectivity index (χ1) is 8.79. The standard InChI is InChI=1S/C11H8BrF3N4/c12-6-4-18-19(5-6)7-1-2-9(11(13,14)15)8(3-7)10(16)17/h1-5H,(H3,16,17). The first-order valence-corrected chi connectivity index (χ1v) is 5.84. The summed E-state index contributed by atoms with van der Waals surface area (Å²) in [5.74, 6) is -0.639. The maximum atomic E-state index is 12.8. The van der Waals surface area contributed by atoms with Gasteiger partial charge in [0.15, 0.2) is 0 Å². The molecule has 2 aromatic rings. The summed E-state index contributed by atoms with van der Waals surface area (Å²) in [5.41, 5.74) is 4.30. The number of rotatable bonds is 2. The number of benzene rings is 1. The van der Waals surface area contributed by atoms with Gasteiger partial charge in [-0.05, 0) is 34.1 Å². The van der Waals surface area contributed by atoms with E-state index in [0.717, 1.165) is 6.07 Å². The van der Waals surface area contributed by atoms with Gasteiger partial charge >= 0.3 is 6.18 Å². The number of hydrogen-bond donors (Lipinski definition) is 2. The minimum Gasteiger partial charge on any atom is -0.384 e. The van der Waals surface area contributed by atoms with E-state index in [1.54, 1.807) is 6.20 Å². The Labute approximate surface area is 114 Å². The summed E-state index contributed by atoms with van der Waals surface area (Å²) in [7, 11) is 0. The lowest BCUT2D eigenvalue weighted by Crippen LogP contribution is -2.19. The maximum Gasteiger partial charge on any atom is 0.417 e. The Morgan fingerprint density at radius 1 is 1.37 bits per heavy atom. The van der Waals surface area contributed by atoms with Gasteiger partial charge in [-0.2, -0.15) is 18.3 Å². The number of nitrogen functional groups attached to an aromatic ring is 1. The van der Waals surface area contributed by atoms with Crippen molar-refractivity contribution in [2.24, 2.45) is 5.73 Å². The molecule has 0 fully saturated rings. The van der Waals surface area contributed by atoms with Crippen molar-refractivity contribution in [2.45, 2.75) is 6.18 Å². The number of alkyl halides is 3. The highest BCUT2D eigenvalue weighted by Crippen LogP contribution is 2.32.